The average Bonchev–Trinajstić information content (AvgIpc) is 3.25. The Morgan fingerprint density at radius 2 is 0.574 bits per heavy atom. The van der Waals surface area contributed by atoms with Crippen LogP contribution in [0.25, 0.3) is 109 Å². The molecular weight excluding hydrogens is 649 g/mol. The van der Waals surface area contributed by atoms with E-state index in [0.717, 1.165) is 0 Å². The van der Waals surface area contributed by atoms with Crippen LogP contribution in [-0.4, -0.2) is 0 Å². The van der Waals surface area contributed by atoms with E-state index in [-0.39, 0.29) is 0 Å². The third-order valence-corrected chi connectivity index (χ3v) is 11.4. The normalized spacial score (nSPS) is 11.7. The lowest BCUT2D eigenvalue weighted by atomic mass is 9.87. The summed E-state index contributed by atoms with van der Waals surface area (Å²) in [6, 6.07) is 76.1. The lowest BCUT2D eigenvalue weighted by molar-refractivity contribution is 1.62. The van der Waals surface area contributed by atoms with Gasteiger partial charge >= 0.3 is 0 Å². The summed E-state index contributed by atoms with van der Waals surface area (Å²) < 4.78 is 0. The molecule has 11 aromatic carbocycles. The minimum Gasteiger partial charge on any atom is -0.0622 e. The second-order valence-electron chi connectivity index (χ2n) is 14.4. The molecule has 0 amide bonds. The molecule has 0 heterocycles. The standard InChI is InChI=1S/C54H34/c1-2-12-35(13-3-1)52-32-36-14-4-5-15-37(36)33-53(52)42-25-27-45-40(31-42)23-22-39-30-41(24-26-44(39)45)46-28-29-51(49-20-10-8-19-48(46)49)54-34-38-16-6-7-17-43(38)47-18-9-11-21-50(47)54/h1-34H. The third kappa shape index (κ3) is 4.92. The minimum absolute atomic E-state index is 1.23. The fourth-order valence-corrected chi connectivity index (χ4v) is 8.80. The van der Waals surface area contributed by atoms with Crippen molar-refractivity contribution in [3.63, 3.8) is 0 Å². The van der Waals surface area contributed by atoms with E-state index in [9.17, 15) is 0 Å². The Bertz CT molecular complexity index is 3260. The fraction of sp³-hybridized carbons (Fsp3) is 0. The van der Waals surface area contributed by atoms with Gasteiger partial charge in [0.1, 0.15) is 0 Å². The number of benzene rings is 11. The molecule has 0 radical (unpaired) electrons. The monoisotopic (exact) mass is 682 g/mol. The minimum atomic E-state index is 1.23. The van der Waals surface area contributed by atoms with E-state index in [0.29, 0.717) is 0 Å². The molecule has 0 heteroatoms. The molecule has 0 aromatic heterocycles. The summed E-state index contributed by atoms with van der Waals surface area (Å²) in [4.78, 5) is 0. The fourth-order valence-electron chi connectivity index (χ4n) is 8.80. The summed E-state index contributed by atoms with van der Waals surface area (Å²) in [6.07, 6.45) is 0. The zero-order valence-corrected chi connectivity index (χ0v) is 29.6. The first kappa shape index (κ1) is 30.6. The molecule has 0 aliphatic heterocycles. The largest absolute Gasteiger partial charge is 0.0622 e. The van der Waals surface area contributed by atoms with Crippen LogP contribution in [-0.2, 0) is 0 Å². The van der Waals surface area contributed by atoms with Crippen molar-refractivity contribution in [2.45, 2.75) is 0 Å². The first-order valence-corrected chi connectivity index (χ1v) is 18.7. The van der Waals surface area contributed by atoms with Gasteiger partial charge in [-0.15, -0.1) is 0 Å². The molecular formula is C54H34. The second kappa shape index (κ2) is 12.3. The van der Waals surface area contributed by atoms with Gasteiger partial charge in [-0.3, -0.25) is 0 Å². The highest BCUT2D eigenvalue weighted by molar-refractivity contribution is 6.18. The van der Waals surface area contributed by atoms with Crippen molar-refractivity contribution < 1.29 is 0 Å². The van der Waals surface area contributed by atoms with E-state index in [2.05, 4.69) is 206 Å². The van der Waals surface area contributed by atoms with Gasteiger partial charge in [-0.1, -0.05) is 176 Å². The summed E-state index contributed by atoms with van der Waals surface area (Å²) in [6.45, 7) is 0. The van der Waals surface area contributed by atoms with Crippen LogP contribution >= 0.6 is 0 Å². The zero-order chi connectivity index (χ0) is 35.6. The topological polar surface area (TPSA) is 0 Å². The molecule has 250 valence electrons. The smallest absolute Gasteiger partial charge is 0.00928 e. The third-order valence-electron chi connectivity index (χ3n) is 11.4. The van der Waals surface area contributed by atoms with Crippen molar-refractivity contribution in [3.8, 4) is 44.5 Å². The molecule has 0 atom stereocenters. The van der Waals surface area contributed by atoms with Crippen molar-refractivity contribution in [1.29, 1.82) is 0 Å². The maximum Gasteiger partial charge on any atom is -0.00928 e. The van der Waals surface area contributed by atoms with Gasteiger partial charge in [0.25, 0.3) is 0 Å². The lowest BCUT2D eigenvalue weighted by Crippen LogP contribution is -1.89. The Kier molecular flexibility index (Phi) is 6.97. The predicted molar refractivity (Wildman–Crippen MR) is 233 cm³/mol. The van der Waals surface area contributed by atoms with E-state index in [4.69, 9.17) is 0 Å². The van der Waals surface area contributed by atoms with Gasteiger partial charge in [0.2, 0.25) is 0 Å². The van der Waals surface area contributed by atoms with E-state index in [1.54, 1.807) is 0 Å². The van der Waals surface area contributed by atoms with Crippen molar-refractivity contribution in [1.82, 2.24) is 0 Å². The van der Waals surface area contributed by atoms with Gasteiger partial charge in [-0.25, -0.2) is 0 Å². The van der Waals surface area contributed by atoms with Crippen LogP contribution < -0.4 is 0 Å². The predicted octanol–water partition coefficient (Wildman–Crippen LogP) is 15.3. The summed E-state index contributed by atoms with van der Waals surface area (Å²) in [7, 11) is 0. The first-order chi connectivity index (χ1) is 26.8. The van der Waals surface area contributed by atoms with Gasteiger partial charge in [0.05, 0.1) is 0 Å². The van der Waals surface area contributed by atoms with Gasteiger partial charge in [-0.05, 0) is 139 Å². The molecule has 0 saturated carbocycles. The van der Waals surface area contributed by atoms with Crippen molar-refractivity contribution in [2.75, 3.05) is 0 Å². The van der Waals surface area contributed by atoms with Crippen LogP contribution in [0.3, 0.4) is 0 Å². The molecule has 0 saturated heterocycles. The summed E-state index contributed by atoms with van der Waals surface area (Å²) >= 11 is 0. The Labute approximate surface area is 314 Å². The first-order valence-electron chi connectivity index (χ1n) is 18.7. The highest BCUT2D eigenvalue weighted by Crippen LogP contribution is 2.42. The van der Waals surface area contributed by atoms with Crippen LogP contribution in [0.4, 0.5) is 0 Å². The second-order valence-corrected chi connectivity index (χ2v) is 14.4. The number of rotatable bonds is 4. The summed E-state index contributed by atoms with van der Waals surface area (Å²) in [5.74, 6) is 0. The van der Waals surface area contributed by atoms with Crippen LogP contribution in [0, 0.1) is 0 Å². The van der Waals surface area contributed by atoms with Crippen LogP contribution in [0.1, 0.15) is 0 Å². The molecule has 11 rings (SSSR count). The SMILES string of the molecule is c1ccc(-c2cc3ccccc3cc2-c2ccc3c(ccc4cc(-c5ccc(-c6cc7ccccc7c7ccccc67)c6ccccc56)ccc43)c2)cc1. The molecule has 0 unspecified atom stereocenters. The van der Waals surface area contributed by atoms with Crippen molar-refractivity contribution >= 4 is 64.6 Å². The Morgan fingerprint density at radius 1 is 0.167 bits per heavy atom. The van der Waals surface area contributed by atoms with E-state index < -0.39 is 0 Å². The van der Waals surface area contributed by atoms with Crippen LogP contribution in [0.2, 0.25) is 0 Å². The van der Waals surface area contributed by atoms with Gasteiger partial charge in [0, 0.05) is 0 Å². The number of fused-ring (bicyclic) bond motifs is 8. The lowest BCUT2D eigenvalue weighted by Gasteiger charge is -2.16. The van der Waals surface area contributed by atoms with Crippen LogP contribution in [0.5, 0.6) is 0 Å². The zero-order valence-electron chi connectivity index (χ0n) is 29.6. The van der Waals surface area contributed by atoms with Gasteiger partial charge in [0.15, 0.2) is 0 Å². The quantitative estimate of drug-likeness (QED) is 0.162. The van der Waals surface area contributed by atoms with Gasteiger partial charge in [-0.2, -0.15) is 0 Å². The maximum atomic E-state index is 2.37. The molecule has 0 nitrogen and oxygen atoms in total. The molecule has 0 fully saturated rings. The Morgan fingerprint density at radius 3 is 1.22 bits per heavy atom. The molecule has 54 heavy (non-hydrogen) atoms. The van der Waals surface area contributed by atoms with Crippen LogP contribution in [0.15, 0.2) is 206 Å². The van der Waals surface area contributed by atoms with E-state index in [1.165, 1.54) is 109 Å². The van der Waals surface area contributed by atoms with Crippen molar-refractivity contribution in [2.24, 2.45) is 0 Å². The summed E-state index contributed by atoms with van der Waals surface area (Å²) in [5.41, 5.74) is 9.99. The molecule has 0 N–H and O–H groups in total. The molecule has 11 aromatic rings. The van der Waals surface area contributed by atoms with E-state index in [1.807, 2.05) is 0 Å². The maximum absolute atomic E-state index is 2.37. The number of hydrogen-bond donors (Lipinski definition) is 0. The Balaban J connectivity index is 1.03. The molecule has 0 aliphatic carbocycles. The summed E-state index contributed by atoms with van der Waals surface area (Å²) in [5, 5.41) is 15.2. The highest BCUT2D eigenvalue weighted by atomic mass is 14.2. The number of hydrogen-bond acceptors (Lipinski definition) is 0. The molecule has 0 aliphatic rings. The highest BCUT2D eigenvalue weighted by Gasteiger charge is 2.15. The molecule has 0 spiro atoms. The van der Waals surface area contributed by atoms with E-state index >= 15 is 0 Å². The average molecular weight is 683 g/mol. The molecule has 0 bridgehead atoms. The Hall–Kier alpha value is -7.02. The van der Waals surface area contributed by atoms with Crippen molar-refractivity contribution in [3.05, 3.63) is 206 Å². The van der Waals surface area contributed by atoms with Gasteiger partial charge < -0.3 is 0 Å².